The molecule has 0 aliphatic carbocycles. The van der Waals surface area contributed by atoms with Gasteiger partial charge in [0.15, 0.2) is 0 Å². The van der Waals surface area contributed by atoms with Gasteiger partial charge in [0.05, 0.1) is 13.2 Å². The number of rotatable bonds is 54. The van der Waals surface area contributed by atoms with E-state index in [1.165, 1.54) is 289 Å². The first-order chi connectivity index (χ1) is 29.7. The molecule has 0 rings (SSSR count). The molecule has 60 heavy (non-hydrogen) atoms. The van der Waals surface area contributed by atoms with Crippen LogP contribution in [-0.4, -0.2) is 37.0 Å². The molecule has 0 aromatic heterocycles. The summed E-state index contributed by atoms with van der Waals surface area (Å²) in [6, 6.07) is 0. The van der Waals surface area contributed by atoms with Crippen molar-refractivity contribution in [3.8, 4) is 0 Å². The van der Waals surface area contributed by atoms with E-state index in [2.05, 4.69) is 13.8 Å². The number of aliphatic hydroxyl groups is 1. The fraction of sp³-hybridized carbons (Fsp3) is 0.982. The van der Waals surface area contributed by atoms with Crippen LogP contribution in [-0.2, 0) is 14.3 Å². The minimum atomic E-state index is -0.527. The standard InChI is InChI=1S/C56H112O4/c1-3-5-7-9-11-13-15-17-19-21-23-25-27-28-30-32-34-36-38-40-42-44-46-48-50-52-59-54-55(53-57)60-56(58)51-49-47-45-43-41-39-37-35-33-31-29-26-24-22-20-18-16-14-12-10-8-6-4-2/h55,57H,3-54H2,1-2H3. The average Bonchev–Trinajstić information content (AvgIpc) is 3.25. The Bertz CT molecular complexity index is 770. The largest absolute Gasteiger partial charge is 0.457 e. The molecule has 0 radical (unpaired) electrons. The summed E-state index contributed by atoms with van der Waals surface area (Å²) in [7, 11) is 0. The van der Waals surface area contributed by atoms with Crippen molar-refractivity contribution in [2.45, 2.75) is 335 Å². The Labute approximate surface area is 378 Å². The number of ether oxygens (including phenoxy) is 2. The van der Waals surface area contributed by atoms with Gasteiger partial charge in [0, 0.05) is 13.0 Å². The van der Waals surface area contributed by atoms with Crippen LogP contribution in [0, 0.1) is 0 Å². The first kappa shape index (κ1) is 59.4. The van der Waals surface area contributed by atoms with E-state index in [1.54, 1.807) is 0 Å². The minimum absolute atomic E-state index is 0.162. The molecule has 4 nitrogen and oxygen atoms in total. The molecule has 0 aliphatic heterocycles. The lowest BCUT2D eigenvalue weighted by atomic mass is 10.0. The molecule has 0 bridgehead atoms. The monoisotopic (exact) mass is 849 g/mol. The summed E-state index contributed by atoms with van der Waals surface area (Å²) < 4.78 is 11.3. The Morgan fingerprint density at radius 3 is 0.783 bits per heavy atom. The van der Waals surface area contributed by atoms with Crippen molar-refractivity contribution in [3.63, 3.8) is 0 Å². The lowest BCUT2D eigenvalue weighted by Crippen LogP contribution is -2.27. The Morgan fingerprint density at radius 2 is 0.550 bits per heavy atom. The van der Waals surface area contributed by atoms with Gasteiger partial charge in [-0.2, -0.15) is 0 Å². The van der Waals surface area contributed by atoms with Gasteiger partial charge in [-0.15, -0.1) is 0 Å². The number of hydrogen-bond donors (Lipinski definition) is 1. The van der Waals surface area contributed by atoms with Gasteiger partial charge in [0.25, 0.3) is 0 Å². The second-order valence-electron chi connectivity index (χ2n) is 19.4. The Hall–Kier alpha value is -0.610. The number of aliphatic hydroxyl groups excluding tert-OH is 1. The lowest BCUT2D eigenvalue weighted by Gasteiger charge is -2.16. The molecule has 0 aromatic carbocycles. The zero-order chi connectivity index (χ0) is 43.3. The summed E-state index contributed by atoms with van der Waals surface area (Å²) in [6.45, 7) is 5.43. The molecule has 1 atom stereocenters. The van der Waals surface area contributed by atoms with Crippen LogP contribution in [0.15, 0.2) is 0 Å². The molecule has 360 valence electrons. The Kier molecular flexibility index (Phi) is 54.0. The van der Waals surface area contributed by atoms with Gasteiger partial charge in [-0.05, 0) is 12.8 Å². The zero-order valence-corrected chi connectivity index (χ0v) is 41.5. The molecule has 0 amide bonds. The maximum absolute atomic E-state index is 12.3. The van der Waals surface area contributed by atoms with Crippen molar-refractivity contribution in [2.24, 2.45) is 0 Å². The van der Waals surface area contributed by atoms with Crippen molar-refractivity contribution in [1.29, 1.82) is 0 Å². The van der Waals surface area contributed by atoms with Gasteiger partial charge in [0.2, 0.25) is 0 Å². The van der Waals surface area contributed by atoms with E-state index in [0.717, 1.165) is 19.3 Å². The van der Waals surface area contributed by atoms with Crippen LogP contribution in [0.2, 0.25) is 0 Å². The number of carbonyl (C=O) groups excluding carboxylic acids is 1. The first-order valence-electron chi connectivity index (χ1n) is 28.1. The van der Waals surface area contributed by atoms with E-state index < -0.39 is 6.10 Å². The van der Waals surface area contributed by atoms with Crippen molar-refractivity contribution in [1.82, 2.24) is 0 Å². The molecule has 0 saturated carbocycles. The average molecular weight is 850 g/mol. The zero-order valence-electron chi connectivity index (χ0n) is 41.5. The van der Waals surface area contributed by atoms with Crippen LogP contribution < -0.4 is 0 Å². The molecule has 0 heterocycles. The van der Waals surface area contributed by atoms with E-state index in [1.807, 2.05) is 0 Å². The van der Waals surface area contributed by atoms with E-state index in [4.69, 9.17) is 9.47 Å². The molecule has 1 unspecified atom stereocenters. The van der Waals surface area contributed by atoms with Crippen molar-refractivity contribution in [2.75, 3.05) is 19.8 Å². The van der Waals surface area contributed by atoms with Gasteiger partial charge in [-0.3, -0.25) is 4.79 Å². The maximum Gasteiger partial charge on any atom is 0.306 e. The van der Waals surface area contributed by atoms with Crippen LogP contribution in [0.4, 0.5) is 0 Å². The van der Waals surface area contributed by atoms with E-state index in [0.29, 0.717) is 19.6 Å². The van der Waals surface area contributed by atoms with E-state index in [9.17, 15) is 9.90 Å². The Morgan fingerprint density at radius 1 is 0.333 bits per heavy atom. The number of hydrogen-bond acceptors (Lipinski definition) is 4. The highest BCUT2D eigenvalue weighted by atomic mass is 16.6. The maximum atomic E-state index is 12.3. The van der Waals surface area contributed by atoms with Crippen LogP contribution in [0.5, 0.6) is 0 Å². The minimum Gasteiger partial charge on any atom is -0.457 e. The van der Waals surface area contributed by atoms with Crippen molar-refractivity contribution < 1.29 is 19.4 Å². The van der Waals surface area contributed by atoms with Crippen LogP contribution >= 0.6 is 0 Å². The van der Waals surface area contributed by atoms with Gasteiger partial charge in [-0.25, -0.2) is 0 Å². The normalized spacial score (nSPS) is 12.1. The fourth-order valence-electron chi connectivity index (χ4n) is 8.98. The van der Waals surface area contributed by atoms with Crippen molar-refractivity contribution >= 4 is 5.97 Å². The SMILES string of the molecule is CCCCCCCCCCCCCCCCCCCCCCCCCCCOCC(CO)OC(=O)CCCCCCCCCCCCCCCCCCCCCCCCC. The molecule has 0 aliphatic rings. The van der Waals surface area contributed by atoms with Gasteiger partial charge < -0.3 is 14.6 Å². The van der Waals surface area contributed by atoms with E-state index in [-0.39, 0.29) is 12.6 Å². The van der Waals surface area contributed by atoms with E-state index >= 15 is 0 Å². The topological polar surface area (TPSA) is 55.8 Å². The molecule has 1 N–H and O–H groups in total. The van der Waals surface area contributed by atoms with Crippen LogP contribution in [0.25, 0.3) is 0 Å². The summed E-state index contributed by atoms with van der Waals surface area (Å²) in [5, 5.41) is 9.67. The van der Waals surface area contributed by atoms with Gasteiger partial charge >= 0.3 is 5.97 Å². The molecule has 4 heteroatoms. The number of carbonyl (C=O) groups is 1. The second kappa shape index (κ2) is 54.5. The third-order valence-corrected chi connectivity index (χ3v) is 13.2. The second-order valence-corrected chi connectivity index (χ2v) is 19.4. The summed E-state index contributed by atoms with van der Waals surface area (Å²) in [5.74, 6) is -0.189. The predicted molar refractivity (Wildman–Crippen MR) is 265 cm³/mol. The highest BCUT2D eigenvalue weighted by Crippen LogP contribution is 2.18. The highest BCUT2D eigenvalue weighted by molar-refractivity contribution is 5.69. The smallest absolute Gasteiger partial charge is 0.306 e. The highest BCUT2D eigenvalue weighted by Gasteiger charge is 2.13. The first-order valence-corrected chi connectivity index (χ1v) is 28.1. The third-order valence-electron chi connectivity index (χ3n) is 13.2. The fourth-order valence-corrected chi connectivity index (χ4v) is 8.98. The van der Waals surface area contributed by atoms with Crippen LogP contribution in [0.1, 0.15) is 328 Å². The molecule has 0 spiro atoms. The van der Waals surface area contributed by atoms with Crippen molar-refractivity contribution in [3.05, 3.63) is 0 Å². The van der Waals surface area contributed by atoms with Gasteiger partial charge in [-0.1, -0.05) is 309 Å². The lowest BCUT2D eigenvalue weighted by molar-refractivity contribution is -0.154. The molecule has 0 fully saturated rings. The summed E-state index contributed by atoms with van der Waals surface area (Å²) in [6.07, 6.45) is 66.5. The summed E-state index contributed by atoms with van der Waals surface area (Å²) >= 11 is 0. The molecular formula is C56H112O4. The number of esters is 1. The van der Waals surface area contributed by atoms with Gasteiger partial charge in [0.1, 0.15) is 6.10 Å². The summed E-state index contributed by atoms with van der Waals surface area (Å²) in [4.78, 5) is 12.3. The molecular weight excluding hydrogens is 737 g/mol. The summed E-state index contributed by atoms with van der Waals surface area (Å²) in [5.41, 5.74) is 0. The quantitative estimate of drug-likeness (QED) is 0.0489. The number of unbranched alkanes of at least 4 members (excludes halogenated alkanes) is 46. The predicted octanol–water partition coefficient (Wildman–Crippen LogP) is 19.1. The Balaban J connectivity index is 3.31. The third kappa shape index (κ3) is 51.7. The van der Waals surface area contributed by atoms with Crippen LogP contribution in [0.3, 0.4) is 0 Å². The molecule has 0 aromatic rings. The molecule has 0 saturated heterocycles.